The summed E-state index contributed by atoms with van der Waals surface area (Å²) in [6.07, 6.45) is -3.45. The van der Waals surface area contributed by atoms with Gasteiger partial charge in [-0.25, -0.2) is 4.39 Å². The van der Waals surface area contributed by atoms with Gasteiger partial charge in [-0.05, 0) is 49.2 Å². The van der Waals surface area contributed by atoms with Crippen LogP contribution in [0.25, 0.3) is 0 Å². The molecular weight excluding hydrogens is 376 g/mol. The highest BCUT2D eigenvalue weighted by molar-refractivity contribution is 5.96. The highest BCUT2D eigenvalue weighted by atomic mass is 19.4. The first-order valence-corrected chi connectivity index (χ1v) is 8.77. The van der Waals surface area contributed by atoms with Crippen LogP contribution in [0.1, 0.15) is 28.8 Å². The normalized spacial score (nSPS) is 17.3. The van der Waals surface area contributed by atoms with Crippen molar-refractivity contribution in [3.8, 4) is 0 Å². The Morgan fingerprint density at radius 3 is 2.54 bits per heavy atom. The maximum Gasteiger partial charge on any atom is 0.416 e. The zero-order valence-corrected chi connectivity index (χ0v) is 14.8. The minimum Gasteiger partial charge on any atom is -0.338 e. The average Bonchev–Trinajstić information content (AvgIpc) is 2.67. The lowest BCUT2D eigenvalue weighted by Gasteiger charge is -2.32. The quantitative estimate of drug-likeness (QED) is 0.788. The molecule has 3 rings (SSSR count). The minimum absolute atomic E-state index is 0.0685. The van der Waals surface area contributed by atoms with E-state index >= 15 is 0 Å². The van der Waals surface area contributed by atoms with E-state index in [9.17, 15) is 27.2 Å². The number of carbonyl (C=O) groups excluding carboxylic acids is 2. The van der Waals surface area contributed by atoms with Crippen LogP contribution in [-0.4, -0.2) is 29.8 Å². The van der Waals surface area contributed by atoms with Crippen LogP contribution < -0.4 is 5.32 Å². The number of likely N-dealkylation sites (tertiary alicyclic amines) is 1. The topological polar surface area (TPSA) is 49.4 Å². The van der Waals surface area contributed by atoms with Crippen LogP contribution in [0.5, 0.6) is 0 Å². The van der Waals surface area contributed by atoms with Crippen LogP contribution in [0.3, 0.4) is 0 Å². The van der Waals surface area contributed by atoms with Gasteiger partial charge in [-0.15, -0.1) is 0 Å². The maximum atomic E-state index is 13.2. The number of rotatable bonds is 3. The van der Waals surface area contributed by atoms with Crippen molar-refractivity contribution in [2.45, 2.75) is 19.0 Å². The van der Waals surface area contributed by atoms with E-state index in [0.29, 0.717) is 25.1 Å². The van der Waals surface area contributed by atoms with Crippen molar-refractivity contribution in [3.05, 3.63) is 65.5 Å². The van der Waals surface area contributed by atoms with Crippen LogP contribution in [0, 0.1) is 11.7 Å². The fourth-order valence-electron chi connectivity index (χ4n) is 3.20. The summed E-state index contributed by atoms with van der Waals surface area (Å²) in [5.41, 5.74) is -0.650. The molecule has 2 aromatic carbocycles. The third-order valence-electron chi connectivity index (χ3n) is 4.61. The predicted molar refractivity (Wildman–Crippen MR) is 95.1 cm³/mol. The second-order valence-corrected chi connectivity index (χ2v) is 6.67. The fourth-order valence-corrected chi connectivity index (χ4v) is 3.20. The molecule has 1 aliphatic heterocycles. The van der Waals surface area contributed by atoms with E-state index < -0.39 is 29.4 Å². The zero-order chi connectivity index (χ0) is 20.3. The summed E-state index contributed by atoms with van der Waals surface area (Å²) in [7, 11) is 0. The lowest BCUT2D eigenvalue weighted by Crippen LogP contribution is -2.43. The van der Waals surface area contributed by atoms with Gasteiger partial charge in [0.05, 0.1) is 11.5 Å². The molecular formula is C20H18F4N2O2. The van der Waals surface area contributed by atoms with Crippen molar-refractivity contribution in [1.29, 1.82) is 0 Å². The van der Waals surface area contributed by atoms with Gasteiger partial charge in [-0.2, -0.15) is 13.2 Å². The van der Waals surface area contributed by atoms with Crippen LogP contribution in [0.15, 0.2) is 48.5 Å². The van der Waals surface area contributed by atoms with E-state index in [-0.39, 0.29) is 18.0 Å². The largest absolute Gasteiger partial charge is 0.416 e. The van der Waals surface area contributed by atoms with Crippen LogP contribution in [0.2, 0.25) is 0 Å². The van der Waals surface area contributed by atoms with Gasteiger partial charge >= 0.3 is 6.18 Å². The number of benzene rings is 2. The Morgan fingerprint density at radius 1 is 1.07 bits per heavy atom. The lowest BCUT2D eigenvalue weighted by atomic mass is 9.96. The molecule has 4 nitrogen and oxygen atoms in total. The van der Waals surface area contributed by atoms with E-state index in [1.54, 1.807) is 6.07 Å². The summed E-state index contributed by atoms with van der Waals surface area (Å²) in [6, 6.07) is 9.70. The Balaban J connectivity index is 1.69. The Labute approximate surface area is 159 Å². The first-order chi connectivity index (χ1) is 13.2. The van der Waals surface area contributed by atoms with Crippen LogP contribution in [-0.2, 0) is 11.0 Å². The number of alkyl halides is 3. The summed E-state index contributed by atoms with van der Waals surface area (Å²) in [6.45, 7) is 0.453. The lowest BCUT2D eigenvalue weighted by molar-refractivity contribution is -0.137. The highest BCUT2D eigenvalue weighted by Gasteiger charge is 2.33. The fraction of sp³-hybridized carbons (Fsp3) is 0.300. The molecule has 2 aromatic rings. The second kappa shape index (κ2) is 8.00. The third kappa shape index (κ3) is 4.68. The Bertz CT molecular complexity index is 883. The molecule has 8 heteroatoms. The summed E-state index contributed by atoms with van der Waals surface area (Å²) in [5.74, 6) is -1.91. The van der Waals surface area contributed by atoms with Gasteiger partial charge in [-0.1, -0.05) is 12.1 Å². The molecule has 0 aromatic heterocycles. The first-order valence-electron chi connectivity index (χ1n) is 8.77. The number of halogens is 4. The molecule has 1 fully saturated rings. The monoisotopic (exact) mass is 394 g/mol. The summed E-state index contributed by atoms with van der Waals surface area (Å²) >= 11 is 0. The standard InChI is InChI=1S/C20H18F4N2O2/c21-16-7-2-8-17(11-16)25-18(27)14-5-3-9-26(12-14)19(28)13-4-1-6-15(10-13)20(22,23)24/h1-2,4,6-8,10-11,14H,3,5,9,12H2,(H,25,27). The molecule has 1 unspecified atom stereocenters. The average molecular weight is 394 g/mol. The number of hydrogen-bond donors (Lipinski definition) is 1. The molecule has 1 heterocycles. The second-order valence-electron chi connectivity index (χ2n) is 6.67. The van der Waals surface area contributed by atoms with Gasteiger partial charge in [-0.3, -0.25) is 9.59 Å². The van der Waals surface area contributed by atoms with E-state index in [1.807, 2.05) is 0 Å². The molecule has 0 saturated carbocycles. The molecule has 1 saturated heterocycles. The van der Waals surface area contributed by atoms with Gasteiger partial charge in [0.25, 0.3) is 5.91 Å². The highest BCUT2D eigenvalue weighted by Crippen LogP contribution is 2.30. The van der Waals surface area contributed by atoms with Crippen molar-refractivity contribution in [2.24, 2.45) is 5.92 Å². The van der Waals surface area contributed by atoms with E-state index in [0.717, 1.165) is 12.1 Å². The number of nitrogens with zero attached hydrogens (tertiary/aromatic N) is 1. The van der Waals surface area contributed by atoms with E-state index in [2.05, 4.69) is 5.32 Å². The van der Waals surface area contributed by atoms with Gasteiger partial charge < -0.3 is 10.2 Å². The van der Waals surface area contributed by atoms with Crippen molar-refractivity contribution < 1.29 is 27.2 Å². The molecule has 1 aliphatic rings. The Morgan fingerprint density at radius 2 is 1.82 bits per heavy atom. The number of nitrogens with one attached hydrogen (secondary N) is 1. The van der Waals surface area contributed by atoms with Crippen LogP contribution in [0.4, 0.5) is 23.2 Å². The summed E-state index contributed by atoms with van der Waals surface area (Å²) < 4.78 is 51.9. The minimum atomic E-state index is -4.54. The van der Waals surface area contributed by atoms with Crippen LogP contribution >= 0.6 is 0 Å². The van der Waals surface area contributed by atoms with Crippen molar-refractivity contribution in [3.63, 3.8) is 0 Å². The number of hydrogen-bond acceptors (Lipinski definition) is 2. The van der Waals surface area contributed by atoms with Crippen molar-refractivity contribution >= 4 is 17.5 Å². The van der Waals surface area contributed by atoms with Gasteiger partial charge in [0, 0.05) is 24.3 Å². The molecule has 0 aliphatic carbocycles. The number of piperidine rings is 1. The van der Waals surface area contributed by atoms with E-state index in [4.69, 9.17) is 0 Å². The zero-order valence-electron chi connectivity index (χ0n) is 14.8. The first kappa shape index (κ1) is 19.9. The molecule has 1 atom stereocenters. The molecule has 1 N–H and O–H groups in total. The number of amides is 2. The maximum absolute atomic E-state index is 13.2. The van der Waals surface area contributed by atoms with Gasteiger partial charge in [0.15, 0.2) is 0 Å². The number of carbonyl (C=O) groups is 2. The molecule has 0 spiro atoms. The molecule has 2 amide bonds. The SMILES string of the molecule is O=C(Nc1cccc(F)c1)C1CCCN(C(=O)c2cccc(C(F)(F)F)c2)C1. The molecule has 148 valence electrons. The smallest absolute Gasteiger partial charge is 0.338 e. The Kier molecular flexibility index (Phi) is 5.67. The summed E-state index contributed by atoms with van der Waals surface area (Å²) in [4.78, 5) is 26.5. The van der Waals surface area contributed by atoms with E-state index in [1.165, 1.54) is 35.2 Å². The molecule has 28 heavy (non-hydrogen) atoms. The predicted octanol–water partition coefficient (Wildman–Crippen LogP) is 4.34. The van der Waals surface area contributed by atoms with Crippen molar-refractivity contribution in [2.75, 3.05) is 18.4 Å². The van der Waals surface area contributed by atoms with Gasteiger partial charge in [0.1, 0.15) is 5.82 Å². The molecule has 0 radical (unpaired) electrons. The third-order valence-corrected chi connectivity index (χ3v) is 4.61. The Hall–Kier alpha value is -2.90. The van der Waals surface area contributed by atoms with Gasteiger partial charge in [0.2, 0.25) is 5.91 Å². The van der Waals surface area contributed by atoms with Crippen molar-refractivity contribution in [1.82, 2.24) is 4.90 Å². The summed E-state index contributed by atoms with van der Waals surface area (Å²) in [5, 5.41) is 2.62. The molecule has 0 bridgehead atoms. The number of anilines is 1.